The van der Waals surface area contributed by atoms with Gasteiger partial charge in [0, 0.05) is 30.4 Å². The molecule has 1 aliphatic heterocycles. The maximum Gasteiger partial charge on any atom is 0.490 e. The number of nitrogens with zero attached hydrogens (tertiary/aromatic N) is 2. The third-order valence-corrected chi connectivity index (χ3v) is 10.1. The zero-order valence-electron chi connectivity index (χ0n) is 25.0. The first-order chi connectivity index (χ1) is 20.8. The number of carboxylic acid groups (broad SMARTS) is 1. The Balaban J connectivity index is 0.000000707. The lowest BCUT2D eigenvalue weighted by molar-refractivity contribution is -0.192. The van der Waals surface area contributed by atoms with Crippen LogP contribution in [0.5, 0.6) is 0 Å². The Labute approximate surface area is 258 Å². The molecule has 1 unspecified atom stereocenters. The molecule has 1 saturated heterocycles. The van der Waals surface area contributed by atoms with E-state index in [1.807, 2.05) is 0 Å². The van der Waals surface area contributed by atoms with E-state index in [1.54, 1.807) is 35.2 Å². The molecule has 1 saturated carbocycles. The number of rotatable bonds is 8. The average molecular weight is 666 g/mol. The molecule has 2 aromatic rings. The Kier molecular flexibility index (Phi) is 11.6. The van der Waals surface area contributed by atoms with E-state index >= 15 is 0 Å². The van der Waals surface area contributed by atoms with Gasteiger partial charge in [-0.25, -0.2) is 13.2 Å². The lowest BCUT2D eigenvalue weighted by Gasteiger charge is -2.44. The third kappa shape index (κ3) is 9.58. The van der Waals surface area contributed by atoms with Crippen LogP contribution in [0.4, 0.5) is 32.0 Å². The van der Waals surface area contributed by atoms with Crippen molar-refractivity contribution < 1.29 is 49.5 Å². The highest BCUT2D eigenvalue weighted by molar-refractivity contribution is 7.91. The Bertz CT molecular complexity index is 1400. The molecule has 1 heterocycles. The van der Waals surface area contributed by atoms with Gasteiger partial charge in [0.25, 0.3) is 0 Å². The van der Waals surface area contributed by atoms with Crippen molar-refractivity contribution in [2.75, 3.05) is 24.7 Å². The van der Waals surface area contributed by atoms with E-state index in [9.17, 15) is 39.6 Å². The number of anilines is 1. The van der Waals surface area contributed by atoms with Gasteiger partial charge in [0.15, 0.2) is 9.84 Å². The van der Waals surface area contributed by atoms with E-state index in [-0.39, 0.29) is 34.6 Å². The summed E-state index contributed by atoms with van der Waals surface area (Å²) < 4.78 is 97.1. The molecule has 45 heavy (non-hydrogen) atoms. The normalized spacial score (nSPS) is 22.7. The molecule has 0 spiro atoms. The smallest absolute Gasteiger partial charge is 0.475 e. The van der Waals surface area contributed by atoms with Crippen LogP contribution in [0.1, 0.15) is 45.1 Å². The van der Waals surface area contributed by atoms with Crippen LogP contribution < -0.4 is 5.32 Å². The zero-order valence-corrected chi connectivity index (χ0v) is 25.8. The topological polar surface area (TPSA) is 107 Å². The molecular formula is C30H37F6N3O5S. The number of sulfone groups is 1. The second-order valence-corrected chi connectivity index (χ2v) is 13.6. The van der Waals surface area contributed by atoms with Crippen LogP contribution in [-0.2, 0) is 25.6 Å². The molecule has 2 fully saturated rings. The fourth-order valence-corrected chi connectivity index (χ4v) is 7.42. The van der Waals surface area contributed by atoms with E-state index in [0.717, 1.165) is 18.6 Å². The van der Waals surface area contributed by atoms with Gasteiger partial charge in [-0.2, -0.15) is 26.3 Å². The number of hydrogen-bond donors (Lipinski definition) is 2. The predicted molar refractivity (Wildman–Crippen MR) is 155 cm³/mol. The third-order valence-electron chi connectivity index (χ3n) is 8.28. The highest BCUT2D eigenvalue weighted by Crippen LogP contribution is 2.36. The van der Waals surface area contributed by atoms with E-state index in [0.29, 0.717) is 37.5 Å². The summed E-state index contributed by atoms with van der Waals surface area (Å²) in [6, 6.07) is 12.8. The minimum absolute atomic E-state index is 0.0368. The Hall–Kier alpha value is -3.33. The summed E-state index contributed by atoms with van der Waals surface area (Å²) in [6.45, 7) is 4.71. The van der Waals surface area contributed by atoms with Crippen molar-refractivity contribution in [2.45, 2.75) is 80.9 Å². The number of carbonyl (C=O) groups is 2. The number of alkyl halides is 6. The number of halogens is 6. The number of benzene rings is 2. The molecule has 0 aromatic heterocycles. The van der Waals surface area contributed by atoms with Crippen molar-refractivity contribution in [1.82, 2.24) is 9.80 Å². The fraction of sp³-hybridized carbons (Fsp3) is 0.533. The van der Waals surface area contributed by atoms with Crippen molar-refractivity contribution in [3.8, 4) is 0 Å². The first kappa shape index (κ1) is 36.1. The van der Waals surface area contributed by atoms with Crippen molar-refractivity contribution in [3.05, 3.63) is 60.2 Å². The van der Waals surface area contributed by atoms with Crippen LogP contribution in [0.2, 0.25) is 0 Å². The van der Waals surface area contributed by atoms with Crippen LogP contribution in [0.15, 0.2) is 59.5 Å². The van der Waals surface area contributed by atoms with Gasteiger partial charge < -0.3 is 20.2 Å². The second kappa shape index (κ2) is 14.4. The summed E-state index contributed by atoms with van der Waals surface area (Å²) in [5.41, 5.74) is -0.295. The first-order valence-corrected chi connectivity index (χ1v) is 16.0. The number of hydrogen-bond acceptors (Lipinski definition) is 6. The van der Waals surface area contributed by atoms with Crippen LogP contribution >= 0.6 is 0 Å². The zero-order chi connectivity index (χ0) is 33.7. The van der Waals surface area contributed by atoms with Gasteiger partial charge >= 0.3 is 18.3 Å². The largest absolute Gasteiger partial charge is 0.490 e. The Morgan fingerprint density at radius 2 is 1.58 bits per heavy atom. The number of carboxylic acids is 1. The summed E-state index contributed by atoms with van der Waals surface area (Å²) >= 11 is 0. The highest BCUT2D eigenvalue weighted by atomic mass is 32.2. The minimum Gasteiger partial charge on any atom is -0.475 e. The summed E-state index contributed by atoms with van der Waals surface area (Å²) in [4.78, 5) is 26.7. The van der Waals surface area contributed by atoms with Crippen LogP contribution in [0, 0.1) is 5.92 Å². The van der Waals surface area contributed by atoms with Gasteiger partial charge in [0.05, 0.1) is 16.2 Å². The standard InChI is InChI=1S/C28H36F3N3O3S.C2HF3O2/c1-19(2)33(3)23-13-14-26(20(17-23)18-38(36,37)24-7-5-4-6-8-24)34-16-15-25(27(34)35)32-22-11-9-21(10-12-22)28(29,30)31;3-2(4,5)1(6)7/h4-12,19-20,23,25-26,32H,13-18H2,1-3H3;(H,6,7)/t20-,23+,25?,26-;/m0./s1. The highest BCUT2D eigenvalue weighted by Gasteiger charge is 2.44. The van der Waals surface area contributed by atoms with Gasteiger partial charge in [-0.05, 0) is 88.9 Å². The predicted octanol–water partition coefficient (Wildman–Crippen LogP) is 5.70. The molecule has 1 amide bonds. The molecule has 2 aliphatic rings. The monoisotopic (exact) mass is 665 g/mol. The fourth-order valence-electron chi connectivity index (χ4n) is 5.73. The molecule has 2 N–H and O–H groups in total. The molecule has 8 nitrogen and oxygen atoms in total. The summed E-state index contributed by atoms with van der Waals surface area (Å²) in [5.74, 6) is -3.15. The van der Waals surface area contributed by atoms with Gasteiger partial charge in [0.1, 0.15) is 6.04 Å². The molecule has 250 valence electrons. The van der Waals surface area contributed by atoms with Crippen molar-refractivity contribution in [1.29, 1.82) is 0 Å². The SMILES string of the molecule is CC(C)N(C)[C@@H]1CC[C@H](N2CCC(Nc3ccc(C(F)(F)F)cc3)C2=O)[C@H](CS(=O)(=O)c2ccccc2)C1.O=C(O)C(F)(F)F. The van der Waals surface area contributed by atoms with Crippen LogP contribution in [0.3, 0.4) is 0 Å². The van der Waals surface area contributed by atoms with Crippen molar-refractivity contribution in [3.63, 3.8) is 0 Å². The molecular weight excluding hydrogens is 628 g/mol. The molecule has 15 heteroatoms. The molecule has 1 aliphatic carbocycles. The van der Waals surface area contributed by atoms with Gasteiger partial charge in [-0.3, -0.25) is 4.79 Å². The van der Waals surface area contributed by atoms with E-state index in [1.165, 1.54) is 12.1 Å². The van der Waals surface area contributed by atoms with Gasteiger partial charge in [-0.1, -0.05) is 18.2 Å². The number of carbonyl (C=O) groups excluding carboxylic acids is 1. The number of aliphatic carboxylic acids is 1. The van der Waals surface area contributed by atoms with Gasteiger partial charge in [0.2, 0.25) is 5.91 Å². The van der Waals surface area contributed by atoms with E-state index in [4.69, 9.17) is 9.90 Å². The van der Waals surface area contributed by atoms with E-state index in [2.05, 4.69) is 31.1 Å². The summed E-state index contributed by atoms with van der Waals surface area (Å²) in [5, 5.41) is 10.2. The number of likely N-dealkylation sites (tertiary alicyclic amines) is 1. The maximum atomic E-state index is 13.5. The molecule has 4 atom stereocenters. The molecule has 4 rings (SSSR count). The van der Waals surface area contributed by atoms with Crippen LogP contribution in [-0.4, -0.2) is 84.9 Å². The van der Waals surface area contributed by atoms with E-state index < -0.39 is 39.8 Å². The number of nitrogens with one attached hydrogen (secondary N) is 1. The minimum atomic E-state index is -5.08. The molecule has 0 bridgehead atoms. The van der Waals surface area contributed by atoms with Gasteiger partial charge in [-0.15, -0.1) is 0 Å². The lowest BCUT2D eigenvalue weighted by Crippen LogP contribution is -2.52. The Morgan fingerprint density at radius 3 is 2.09 bits per heavy atom. The van der Waals surface area contributed by atoms with Crippen molar-refractivity contribution in [2.24, 2.45) is 5.92 Å². The molecule has 0 radical (unpaired) electrons. The summed E-state index contributed by atoms with van der Waals surface area (Å²) in [6.07, 6.45) is -6.76. The number of amides is 1. The maximum absolute atomic E-state index is 13.5. The Morgan fingerprint density at radius 1 is 1.00 bits per heavy atom. The van der Waals surface area contributed by atoms with Crippen molar-refractivity contribution >= 4 is 27.4 Å². The quantitative estimate of drug-likeness (QED) is 0.349. The second-order valence-electron chi connectivity index (χ2n) is 11.5. The average Bonchev–Trinajstić information content (AvgIpc) is 3.31. The summed E-state index contributed by atoms with van der Waals surface area (Å²) in [7, 11) is -1.49. The van der Waals surface area contributed by atoms with Crippen LogP contribution in [0.25, 0.3) is 0 Å². The lowest BCUT2D eigenvalue weighted by atomic mass is 9.81. The first-order valence-electron chi connectivity index (χ1n) is 14.4. The molecule has 2 aromatic carbocycles.